The molecule has 0 radical (unpaired) electrons. The van der Waals surface area contributed by atoms with E-state index in [9.17, 15) is 19.8 Å². The number of amides is 2. The van der Waals surface area contributed by atoms with Crippen LogP contribution in [0.5, 0.6) is 0 Å². The lowest BCUT2D eigenvalue weighted by atomic mass is 9.79. The predicted molar refractivity (Wildman–Crippen MR) is 88.7 cm³/mol. The Bertz CT molecular complexity index is 385. The summed E-state index contributed by atoms with van der Waals surface area (Å²) in [6, 6.07) is 0. The first-order valence-corrected chi connectivity index (χ1v) is 8.76. The fourth-order valence-corrected chi connectivity index (χ4v) is 2.65. The molecule has 0 heterocycles. The lowest BCUT2D eigenvalue weighted by molar-refractivity contribution is -0.138. The number of hydrogen-bond acceptors (Lipinski definition) is 4. The van der Waals surface area contributed by atoms with Gasteiger partial charge in [0.15, 0.2) is 0 Å². The van der Waals surface area contributed by atoms with Gasteiger partial charge in [-0.25, -0.2) is 0 Å². The highest BCUT2D eigenvalue weighted by molar-refractivity contribution is 5.82. The van der Waals surface area contributed by atoms with Crippen molar-refractivity contribution in [3.05, 3.63) is 0 Å². The van der Waals surface area contributed by atoms with E-state index in [0.717, 1.165) is 32.1 Å². The second-order valence-corrected chi connectivity index (χ2v) is 6.96. The topological polar surface area (TPSA) is 98.7 Å². The zero-order chi connectivity index (χ0) is 17.3. The maximum absolute atomic E-state index is 12.0. The predicted octanol–water partition coefficient (Wildman–Crippen LogP) is 0.959. The van der Waals surface area contributed by atoms with Gasteiger partial charge in [-0.05, 0) is 18.8 Å². The summed E-state index contributed by atoms with van der Waals surface area (Å²) < 4.78 is 0. The summed E-state index contributed by atoms with van der Waals surface area (Å²) in [5.74, 6) is -0.108. The fraction of sp³-hybridized carbons (Fsp3) is 0.882. The van der Waals surface area contributed by atoms with Crippen molar-refractivity contribution in [1.82, 2.24) is 10.6 Å². The molecular weight excluding hydrogens is 296 g/mol. The van der Waals surface area contributed by atoms with E-state index in [1.165, 1.54) is 0 Å². The average Bonchev–Trinajstić information content (AvgIpc) is 3.34. The quantitative estimate of drug-likeness (QED) is 0.401. The molecule has 1 aliphatic carbocycles. The lowest BCUT2D eigenvalue weighted by Gasteiger charge is -2.31. The highest BCUT2D eigenvalue weighted by Crippen LogP contribution is 2.41. The van der Waals surface area contributed by atoms with Crippen LogP contribution >= 0.6 is 0 Å². The number of carbonyl (C=O) groups is 2. The maximum Gasteiger partial charge on any atom is 0.249 e. The van der Waals surface area contributed by atoms with Gasteiger partial charge in [0.25, 0.3) is 0 Å². The molecule has 1 saturated carbocycles. The van der Waals surface area contributed by atoms with Crippen LogP contribution < -0.4 is 10.6 Å². The van der Waals surface area contributed by atoms with Crippen LogP contribution in [0.25, 0.3) is 0 Å². The van der Waals surface area contributed by atoms with Crippen LogP contribution in [-0.2, 0) is 9.59 Å². The van der Waals surface area contributed by atoms with Crippen LogP contribution in [0.4, 0.5) is 0 Å². The number of unbranched alkanes of at least 4 members (excludes halogenated alkanes) is 2. The van der Waals surface area contributed by atoms with Gasteiger partial charge in [-0.3, -0.25) is 9.59 Å². The molecular formula is C17H32N2O4. The highest BCUT2D eigenvalue weighted by Gasteiger charge is 2.41. The van der Waals surface area contributed by atoms with Crippen LogP contribution in [0, 0.1) is 11.3 Å². The number of aliphatic hydroxyl groups is 2. The van der Waals surface area contributed by atoms with Gasteiger partial charge in [0, 0.05) is 24.9 Å². The van der Waals surface area contributed by atoms with E-state index in [1.54, 1.807) is 6.92 Å². The Morgan fingerprint density at radius 1 is 1.22 bits per heavy atom. The first kappa shape index (κ1) is 19.9. The van der Waals surface area contributed by atoms with E-state index in [-0.39, 0.29) is 25.5 Å². The van der Waals surface area contributed by atoms with Gasteiger partial charge in [-0.2, -0.15) is 0 Å². The Labute approximate surface area is 139 Å². The molecule has 0 bridgehead atoms. The molecule has 0 aromatic carbocycles. The maximum atomic E-state index is 12.0. The first-order valence-electron chi connectivity index (χ1n) is 8.76. The van der Waals surface area contributed by atoms with E-state index in [0.29, 0.717) is 18.9 Å². The van der Waals surface area contributed by atoms with Gasteiger partial charge in [0.1, 0.15) is 6.10 Å². The van der Waals surface area contributed by atoms with Crippen molar-refractivity contribution in [3.8, 4) is 0 Å². The zero-order valence-electron chi connectivity index (χ0n) is 14.4. The molecule has 1 aliphatic rings. The van der Waals surface area contributed by atoms with Crippen molar-refractivity contribution in [1.29, 1.82) is 0 Å². The number of carbonyl (C=O) groups excluding carboxylic acids is 2. The van der Waals surface area contributed by atoms with E-state index in [2.05, 4.69) is 17.6 Å². The Kier molecular flexibility index (Phi) is 8.55. The third kappa shape index (κ3) is 7.31. The van der Waals surface area contributed by atoms with Crippen molar-refractivity contribution in [2.24, 2.45) is 11.3 Å². The molecule has 4 N–H and O–H groups in total. The minimum Gasteiger partial charge on any atom is -0.396 e. The molecule has 6 heteroatoms. The summed E-state index contributed by atoms with van der Waals surface area (Å²) in [7, 11) is 0. The summed E-state index contributed by atoms with van der Waals surface area (Å²) in [6.45, 7) is 4.46. The SMILES string of the molecule is CCCCCNC(=O)CCNC(=O)[C@H](O)[C@@](C)(CO)CC1CC1. The molecule has 2 amide bonds. The molecule has 6 nitrogen and oxygen atoms in total. The Hall–Kier alpha value is -1.14. The summed E-state index contributed by atoms with van der Waals surface area (Å²) in [5.41, 5.74) is -0.812. The first-order chi connectivity index (χ1) is 10.9. The molecule has 0 unspecified atom stereocenters. The molecule has 0 aromatic heterocycles. The van der Waals surface area contributed by atoms with Crippen molar-refractivity contribution in [3.63, 3.8) is 0 Å². The van der Waals surface area contributed by atoms with E-state index >= 15 is 0 Å². The van der Waals surface area contributed by atoms with E-state index < -0.39 is 17.4 Å². The molecule has 23 heavy (non-hydrogen) atoms. The third-order valence-electron chi connectivity index (χ3n) is 4.48. The van der Waals surface area contributed by atoms with Crippen LogP contribution in [0.15, 0.2) is 0 Å². The Balaban J connectivity index is 2.24. The van der Waals surface area contributed by atoms with E-state index in [1.807, 2.05) is 0 Å². The smallest absolute Gasteiger partial charge is 0.249 e. The minimum absolute atomic E-state index is 0.0983. The molecule has 0 saturated heterocycles. The van der Waals surface area contributed by atoms with Gasteiger partial charge in [0.2, 0.25) is 11.8 Å². The fourth-order valence-electron chi connectivity index (χ4n) is 2.65. The number of hydrogen-bond donors (Lipinski definition) is 4. The number of aliphatic hydroxyl groups excluding tert-OH is 2. The zero-order valence-corrected chi connectivity index (χ0v) is 14.4. The Morgan fingerprint density at radius 3 is 2.48 bits per heavy atom. The van der Waals surface area contributed by atoms with Crippen molar-refractivity contribution < 1.29 is 19.8 Å². The van der Waals surface area contributed by atoms with Crippen molar-refractivity contribution >= 4 is 11.8 Å². The third-order valence-corrected chi connectivity index (χ3v) is 4.48. The summed E-state index contributed by atoms with van der Waals surface area (Å²) in [4.78, 5) is 23.6. The molecule has 0 aromatic rings. The van der Waals surface area contributed by atoms with Crippen LogP contribution in [0.3, 0.4) is 0 Å². The molecule has 134 valence electrons. The monoisotopic (exact) mass is 328 g/mol. The van der Waals surface area contributed by atoms with Gasteiger partial charge in [-0.1, -0.05) is 39.5 Å². The second-order valence-electron chi connectivity index (χ2n) is 6.96. The van der Waals surface area contributed by atoms with Gasteiger partial charge < -0.3 is 20.8 Å². The largest absolute Gasteiger partial charge is 0.396 e. The molecule has 0 spiro atoms. The second kappa shape index (κ2) is 9.88. The summed E-state index contributed by atoms with van der Waals surface area (Å²) in [6.07, 6.45) is 4.95. The van der Waals surface area contributed by atoms with Gasteiger partial charge in [0.05, 0.1) is 6.61 Å². The molecule has 1 fully saturated rings. The highest BCUT2D eigenvalue weighted by atomic mass is 16.3. The van der Waals surface area contributed by atoms with Crippen molar-refractivity contribution in [2.75, 3.05) is 19.7 Å². The normalized spacial score (nSPS) is 18.1. The lowest BCUT2D eigenvalue weighted by Crippen LogP contribution is -2.48. The van der Waals surface area contributed by atoms with E-state index in [4.69, 9.17) is 0 Å². The van der Waals surface area contributed by atoms with Gasteiger partial charge >= 0.3 is 0 Å². The molecule has 0 aliphatic heterocycles. The summed E-state index contributed by atoms with van der Waals surface area (Å²) in [5, 5.41) is 25.1. The number of nitrogens with one attached hydrogen (secondary N) is 2. The standard InChI is InChI=1S/C17H32N2O4/c1-3-4-5-9-18-14(21)8-10-19-16(23)15(22)17(2,12-20)11-13-6-7-13/h13,15,20,22H,3-12H2,1-2H3,(H,18,21)(H,19,23)/t15-,17+/m0/s1. The molecule has 2 atom stereocenters. The number of rotatable bonds is 12. The van der Waals surface area contributed by atoms with Crippen LogP contribution in [-0.4, -0.2) is 47.8 Å². The Morgan fingerprint density at radius 2 is 1.91 bits per heavy atom. The summed E-state index contributed by atoms with van der Waals surface area (Å²) >= 11 is 0. The van der Waals surface area contributed by atoms with Crippen LogP contribution in [0.2, 0.25) is 0 Å². The van der Waals surface area contributed by atoms with Crippen LogP contribution in [0.1, 0.15) is 58.8 Å². The van der Waals surface area contributed by atoms with Crippen molar-refractivity contribution in [2.45, 2.75) is 64.9 Å². The minimum atomic E-state index is -1.25. The van der Waals surface area contributed by atoms with Gasteiger partial charge in [-0.15, -0.1) is 0 Å². The molecule has 1 rings (SSSR count). The average molecular weight is 328 g/mol.